The number of hydrogen-bond acceptors (Lipinski definition) is 4. The van der Waals surface area contributed by atoms with Crippen molar-refractivity contribution >= 4 is 6.09 Å². The average molecular weight is 312 g/mol. The van der Waals surface area contributed by atoms with Gasteiger partial charge in [-0.25, -0.2) is 4.79 Å². The summed E-state index contributed by atoms with van der Waals surface area (Å²) in [5.41, 5.74) is 8.64. The van der Waals surface area contributed by atoms with Crippen molar-refractivity contribution in [2.45, 2.75) is 19.7 Å². The monoisotopic (exact) mass is 312 g/mol. The Morgan fingerprint density at radius 2 is 2.00 bits per heavy atom. The predicted octanol–water partition coefficient (Wildman–Crippen LogP) is 2.68. The molecular weight excluding hydrogens is 292 g/mol. The van der Waals surface area contributed by atoms with E-state index in [2.05, 4.69) is 0 Å². The van der Waals surface area contributed by atoms with Crippen LogP contribution in [0.15, 0.2) is 48.5 Å². The summed E-state index contributed by atoms with van der Waals surface area (Å²) in [6.45, 7) is 2.09. The molecule has 5 nitrogen and oxygen atoms in total. The Labute approximate surface area is 135 Å². The summed E-state index contributed by atoms with van der Waals surface area (Å²) < 4.78 is 11.2. The van der Waals surface area contributed by atoms with E-state index >= 15 is 0 Å². The van der Waals surface area contributed by atoms with Gasteiger partial charge in [-0.3, -0.25) is 0 Å². The van der Waals surface area contributed by atoms with Crippen LogP contribution in [0.3, 0.4) is 0 Å². The molecule has 0 fully saturated rings. The molecule has 0 saturated carbocycles. The maximum Gasteiger partial charge on any atom is 0.410 e. The lowest BCUT2D eigenvalue weighted by atomic mass is 10.1. The van der Waals surface area contributed by atoms with Crippen molar-refractivity contribution in [3.8, 4) is 5.75 Å². The zero-order chi connectivity index (χ0) is 16.1. The summed E-state index contributed by atoms with van der Waals surface area (Å²) in [6, 6.07) is 15.5. The highest BCUT2D eigenvalue weighted by atomic mass is 16.6. The van der Waals surface area contributed by atoms with Crippen LogP contribution < -0.4 is 10.5 Å². The van der Waals surface area contributed by atoms with E-state index in [4.69, 9.17) is 15.2 Å². The molecule has 1 aliphatic rings. The second-order valence-corrected chi connectivity index (χ2v) is 5.42. The van der Waals surface area contributed by atoms with Crippen molar-refractivity contribution in [3.63, 3.8) is 0 Å². The molecule has 0 unspecified atom stereocenters. The SMILES string of the molecule is NCc1cccc2c1OCCN(C(=O)OCc1ccccc1)C2. The largest absolute Gasteiger partial charge is 0.491 e. The van der Waals surface area contributed by atoms with Gasteiger partial charge in [0.1, 0.15) is 19.0 Å². The van der Waals surface area contributed by atoms with Crippen LogP contribution >= 0.6 is 0 Å². The van der Waals surface area contributed by atoms with Crippen LogP contribution in [0, 0.1) is 0 Å². The molecule has 2 aromatic carbocycles. The van der Waals surface area contributed by atoms with Crippen molar-refractivity contribution in [2.75, 3.05) is 13.2 Å². The molecule has 1 heterocycles. The van der Waals surface area contributed by atoms with Gasteiger partial charge in [0.15, 0.2) is 0 Å². The van der Waals surface area contributed by atoms with Crippen molar-refractivity contribution in [1.29, 1.82) is 0 Å². The Balaban J connectivity index is 1.67. The average Bonchev–Trinajstić information content (AvgIpc) is 2.82. The molecule has 0 bridgehead atoms. The van der Waals surface area contributed by atoms with E-state index in [9.17, 15) is 4.79 Å². The number of nitrogens with zero attached hydrogens (tertiary/aromatic N) is 1. The molecule has 0 radical (unpaired) electrons. The van der Waals surface area contributed by atoms with Crippen molar-refractivity contribution in [1.82, 2.24) is 4.90 Å². The number of benzene rings is 2. The zero-order valence-corrected chi connectivity index (χ0v) is 12.9. The third kappa shape index (κ3) is 3.63. The van der Waals surface area contributed by atoms with Gasteiger partial charge >= 0.3 is 6.09 Å². The quantitative estimate of drug-likeness (QED) is 0.946. The number of fused-ring (bicyclic) bond motifs is 1. The maximum atomic E-state index is 12.3. The first-order valence-electron chi connectivity index (χ1n) is 7.67. The molecule has 23 heavy (non-hydrogen) atoms. The number of rotatable bonds is 3. The fourth-order valence-electron chi connectivity index (χ4n) is 2.62. The van der Waals surface area contributed by atoms with E-state index in [-0.39, 0.29) is 12.7 Å². The Kier molecular flexibility index (Phi) is 4.78. The summed E-state index contributed by atoms with van der Waals surface area (Å²) >= 11 is 0. The van der Waals surface area contributed by atoms with Crippen LogP contribution in [0.5, 0.6) is 5.75 Å². The van der Waals surface area contributed by atoms with E-state index in [1.807, 2.05) is 48.5 Å². The fourth-order valence-corrected chi connectivity index (χ4v) is 2.62. The van der Waals surface area contributed by atoms with Crippen LogP contribution in [0.25, 0.3) is 0 Å². The van der Waals surface area contributed by atoms with Gasteiger partial charge < -0.3 is 20.1 Å². The summed E-state index contributed by atoms with van der Waals surface area (Å²) in [4.78, 5) is 14.0. The highest BCUT2D eigenvalue weighted by molar-refractivity contribution is 5.68. The summed E-state index contributed by atoms with van der Waals surface area (Å²) in [5.74, 6) is 0.799. The van der Waals surface area contributed by atoms with E-state index in [0.29, 0.717) is 26.2 Å². The van der Waals surface area contributed by atoms with Gasteiger partial charge in [0.05, 0.1) is 13.1 Å². The van der Waals surface area contributed by atoms with Crippen LogP contribution in [-0.2, 0) is 24.4 Å². The molecule has 0 saturated heterocycles. The molecule has 0 aromatic heterocycles. The highest BCUT2D eigenvalue weighted by Crippen LogP contribution is 2.27. The summed E-state index contributed by atoms with van der Waals surface area (Å²) in [5, 5.41) is 0. The van der Waals surface area contributed by atoms with Crippen LogP contribution in [0.4, 0.5) is 4.79 Å². The Morgan fingerprint density at radius 1 is 1.17 bits per heavy atom. The number of carbonyl (C=O) groups excluding carboxylic acids is 1. The Hall–Kier alpha value is -2.53. The summed E-state index contributed by atoms with van der Waals surface area (Å²) in [6.07, 6.45) is -0.330. The molecule has 2 N–H and O–H groups in total. The third-order valence-electron chi connectivity index (χ3n) is 3.83. The normalized spacial score (nSPS) is 13.7. The van der Waals surface area contributed by atoms with Gasteiger partial charge in [-0.1, -0.05) is 48.5 Å². The number of ether oxygens (including phenoxy) is 2. The number of hydrogen-bond donors (Lipinski definition) is 1. The molecule has 2 aromatic rings. The smallest absolute Gasteiger partial charge is 0.410 e. The van der Waals surface area contributed by atoms with Crippen molar-refractivity contribution in [3.05, 3.63) is 65.2 Å². The minimum atomic E-state index is -0.330. The minimum absolute atomic E-state index is 0.271. The Morgan fingerprint density at radius 3 is 2.78 bits per heavy atom. The first-order chi connectivity index (χ1) is 11.3. The van der Waals surface area contributed by atoms with E-state index in [1.165, 1.54) is 0 Å². The second-order valence-electron chi connectivity index (χ2n) is 5.42. The van der Waals surface area contributed by atoms with Crippen molar-refractivity contribution < 1.29 is 14.3 Å². The lowest BCUT2D eigenvalue weighted by Gasteiger charge is -2.19. The highest BCUT2D eigenvalue weighted by Gasteiger charge is 2.22. The number of nitrogens with two attached hydrogens (primary N) is 1. The van der Waals surface area contributed by atoms with Gasteiger partial charge in [0.2, 0.25) is 0 Å². The van der Waals surface area contributed by atoms with Crippen molar-refractivity contribution in [2.24, 2.45) is 5.73 Å². The zero-order valence-electron chi connectivity index (χ0n) is 12.9. The van der Waals surface area contributed by atoms with Gasteiger partial charge in [0.25, 0.3) is 0 Å². The first kappa shape index (κ1) is 15.4. The molecule has 5 heteroatoms. The van der Waals surface area contributed by atoms with Crippen LogP contribution in [-0.4, -0.2) is 24.1 Å². The standard InChI is InChI=1S/C18H20N2O3/c19-11-15-7-4-8-16-12-20(9-10-22-17(15)16)18(21)23-13-14-5-2-1-3-6-14/h1-8H,9-13,19H2. The van der Waals surface area contributed by atoms with Gasteiger partial charge in [0, 0.05) is 17.7 Å². The predicted molar refractivity (Wildman–Crippen MR) is 86.9 cm³/mol. The maximum absolute atomic E-state index is 12.3. The van der Waals surface area contributed by atoms with Gasteiger partial charge in [-0.2, -0.15) is 0 Å². The van der Waals surface area contributed by atoms with E-state index in [0.717, 1.165) is 22.4 Å². The summed E-state index contributed by atoms with van der Waals surface area (Å²) in [7, 11) is 0. The Bertz CT molecular complexity index is 673. The van der Waals surface area contributed by atoms with Crippen LogP contribution in [0.2, 0.25) is 0 Å². The first-order valence-corrected chi connectivity index (χ1v) is 7.67. The number of carbonyl (C=O) groups is 1. The van der Waals surface area contributed by atoms with E-state index < -0.39 is 0 Å². The molecule has 1 aliphatic heterocycles. The van der Waals surface area contributed by atoms with Gasteiger partial charge in [-0.05, 0) is 5.56 Å². The van der Waals surface area contributed by atoms with E-state index in [1.54, 1.807) is 4.90 Å². The molecule has 120 valence electrons. The molecule has 1 amide bonds. The molecule has 0 atom stereocenters. The lowest BCUT2D eigenvalue weighted by Crippen LogP contribution is -2.32. The van der Waals surface area contributed by atoms with Gasteiger partial charge in [-0.15, -0.1) is 0 Å². The topological polar surface area (TPSA) is 64.8 Å². The number of amides is 1. The third-order valence-corrected chi connectivity index (χ3v) is 3.83. The molecular formula is C18H20N2O3. The molecule has 0 aliphatic carbocycles. The fraction of sp³-hybridized carbons (Fsp3) is 0.278. The second kappa shape index (κ2) is 7.15. The number of para-hydroxylation sites is 1. The minimum Gasteiger partial charge on any atom is -0.491 e. The molecule has 0 spiro atoms. The van der Waals surface area contributed by atoms with Crippen LogP contribution in [0.1, 0.15) is 16.7 Å². The molecule has 3 rings (SSSR count). The lowest BCUT2D eigenvalue weighted by molar-refractivity contribution is 0.0913.